The first kappa shape index (κ1) is 17.5. The second-order valence-electron chi connectivity index (χ2n) is 6.13. The molecule has 0 aliphatic rings. The molecule has 0 N–H and O–H groups in total. The van der Waals surface area contributed by atoms with Crippen LogP contribution >= 0.6 is 11.6 Å². The Morgan fingerprint density at radius 1 is 0.926 bits per heavy atom. The van der Waals surface area contributed by atoms with E-state index < -0.39 is 11.7 Å². The van der Waals surface area contributed by atoms with Crippen LogP contribution in [-0.4, -0.2) is 15.0 Å². The van der Waals surface area contributed by atoms with Crippen LogP contribution in [0.5, 0.6) is 0 Å². The van der Waals surface area contributed by atoms with Crippen LogP contribution in [-0.2, 0) is 12.7 Å². The number of aromatic nitrogens is 3. The molecule has 0 bridgehead atoms. The average Bonchev–Trinajstić information content (AvgIpc) is 3.05. The van der Waals surface area contributed by atoms with Crippen LogP contribution in [0.3, 0.4) is 0 Å². The highest BCUT2D eigenvalue weighted by Crippen LogP contribution is 2.35. The van der Waals surface area contributed by atoms with E-state index in [1.807, 2.05) is 48.5 Å². The van der Waals surface area contributed by atoms with Crippen LogP contribution < -0.4 is 0 Å². The quantitative estimate of drug-likeness (QED) is 0.443. The summed E-state index contributed by atoms with van der Waals surface area (Å²) in [6.45, 7) is 0.543. The van der Waals surface area contributed by atoms with Gasteiger partial charge in [-0.2, -0.15) is 13.2 Å². The fourth-order valence-electron chi connectivity index (χ4n) is 2.92. The number of nitrogens with zero attached hydrogens (tertiary/aromatic N) is 3. The summed E-state index contributed by atoms with van der Waals surface area (Å²) in [4.78, 5) is 0. The van der Waals surface area contributed by atoms with E-state index in [-0.39, 0.29) is 5.02 Å². The first-order chi connectivity index (χ1) is 12.9. The Kier molecular flexibility index (Phi) is 4.36. The molecule has 27 heavy (non-hydrogen) atoms. The van der Waals surface area contributed by atoms with E-state index in [9.17, 15) is 13.2 Å². The van der Waals surface area contributed by atoms with Crippen molar-refractivity contribution in [2.24, 2.45) is 0 Å². The van der Waals surface area contributed by atoms with Crippen molar-refractivity contribution in [3.63, 3.8) is 0 Å². The molecular weight excluding hydrogens is 375 g/mol. The Morgan fingerprint density at radius 2 is 1.67 bits per heavy atom. The van der Waals surface area contributed by atoms with E-state index in [2.05, 4.69) is 10.3 Å². The molecule has 136 valence electrons. The minimum Gasteiger partial charge on any atom is -0.240 e. The molecule has 0 amide bonds. The molecule has 7 heteroatoms. The van der Waals surface area contributed by atoms with Crippen molar-refractivity contribution in [3.05, 3.63) is 82.9 Å². The molecule has 0 radical (unpaired) electrons. The van der Waals surface area contributed by atoms with Gasteiger partial charge in [0.2, 0.25) is 0 Å². The summed E-state index contributed by atoms with van der Waals surface area (Å²) >= 11 is 6.07. The lowest BCUT2D eigenvalue weighted by Crippen LogP contribution is -2.04. The zero-order valence-electron chi connectivity index (χ0n) is 13.9. The van der Waals surface area contributed by atoms with E-state index >= 15 is 0 Å². The van der Waals surface area contributed by atoms with Crippen LogP contribution in [0.15, 0.2) is 66.7 Å². The monoisotopic (exact) mass is 387 g/mol. The van der Waals surface area contributed by atoms with Gasteiger partial charge >= 0.3 is 6.18 Å². The van der Waals surface area contributed by atoms with Gasteiger partial charge in [-0.1, -0.05) is 59.3 Å². The summed E-state index contributed by atoms with van der Waals surface area (Å²) in [6, 6.07) is 18.5. The number of rotatable bonds is 3. The maximum atomic E-state index is 12.8. The molecule has 0 saturated carbocycles. The molecule has 4 aromatic rings. The van der Waals surface area contributed by atoms with E-state index in [1.165, 1.54) is 6.07 Å². The van der Waals surface area contributed by atoms with E-state index in [1.54, 1.807) is 4.68 Å². The van der Waals surface area contributed by atoms with Crippen molar-refractivity contribution >= 4 is 22.6 Å². The SMILES string of the molecule is FC(F)(F)c1ccc(-c2ccc(Cn3nnc4ccccc43)cc2)c(Cl)c1. The first-order valence-corrected chi connectivity index (χ1v) is 8.54. The molecular formula is C20H13ClF3N3. The highest BCUT2D eigenvalue weighted by molar-refractivity contribution is 6.33. The summed E-state index contributed by atoms with van der Waals surface area (Å²) in [6.07, 6.45) is -4.41. The fraction of sp³-hybridized carbons (Fsp3) is 0.100. The van der Waals surface area contributed by atoms with E-state index in [0.717, 1.165) is 34.3 Å². The van der Waals surface area contributed by atoms with Crippen molar-refractivity contribution in [1.82, 2.24) is 15.0 Å². The molecule has 3 nitrogen and oxygen atoms in total. The van der Waals surface area contributed by atoms with Gasteiger partial charge in [0, 0.05) is 10.6 Å². The minimum atomic E-state index is -4.41. The van der Waals surface area contributed by atoms with Crippen LogP contribution in [0.2, 0.25) is 5.02 Å². The number of alkyl halides is 3. The molecule has 0 saturated heterocycles. The molecule has 3 aromatic carbocycles. The maximum absolute atomic E-state index is 12.8. The normalized spacial score (nSPS) is 11.9. The van der Waals surface area contributed by atoms with Gasteiger partial charge in [0.05, 0.1) is 17.6 Å². The van der Waals surface area contributed by atoms with Crippen molar-refractivity contribution in [3.8, 4) is 11.1 Å². The average molecular weight is 388 g/mol. The Labute approximate surface area is 158 Å². The summed E-state index contributed by atoms with van der Waals surface area (Å²) in [5, 5.41) is 8.35. The highest BCUT2D eigenvalue weighted by Gasteiger charge is 2.30. The molecule has 0 aliphatic heterocycles. The van der Waals surface area contributed by atoms with Crippen molar-refractivity contribution < 1.29 is 13.2 Å². The summed E-state index contributed by atoms with van der Waals surface area (Å²) < 4.78 is 40.1. The maximum Gasteiger partial charge on any atom is 0.416 e. The third kappa shape index (κ3) is 3.53. The minimum absolute atomic E-state index is 0.0693. The van der Waals surface area contributed by atoms with E-state index in [4.69, 9.17) is 11.6 Å². The zero-order chi connectivity index (χ0) is 19.0. The predicted octanol–water partition coefficient (Wildman–Crippen LogP) is 5.82. The van der Waals surface area contributed by atoms with Crippen molar-refractivity contribution in [2.45, 2.75) is 12.7 Å². The number of para-hydroxylation sites is 1. The standard InChI is InChI=1S/C20H13ClF3N3/c21-17-11-15(20(22,23)24)9-10-16(17)14-7-5-13(6-8-14)12-27-19-4-2-1-3-18(19)25-26-27/h1-11H,12H2. The lowest BCUT2D eigenvalue weighted by molar-refractivity contribution is -0.137. The molecule has 0 spiro atoms. The Hall–Kier alpha value is -2.86. The van der Waals surface area contributed by atoms with Crippen LogP contribution in [0, 0.1) is 0 Å². The van der Waals surface area contributed by atoms with Crippen LogP contribution in [0.25, 0.3) is 22.2 Å². The van der Waals surface area contributed by atoms with Gasteiger partial charge in [0.1, 0.15) is 5.52 Å². The van der Waals surface area contributed by atoms with Gasteiger partial charge in [0.15, 0.2) is 0 Å². The van der Waals surface area contributed by atoms with Crippen LogP contribution in [0.4, 0.5) is 13.2 Å². The van der Waals surface area contributed by atoms with Gasteiger partial charge in [-0.3, -0.25) is 0 Å². The second-order valence-corrected chi connectivity index (χ2v) is 6.53. The summed E-state index contributed by atoms with van der Waals surface area (Å²) in [7, 11) is 0. The largest absolute Gasteiger partial charge is 0.416 e. The lowest BCUT2D eigenvalue weighted by Gasteiger charge is -2.11. The molecule has 0 aliphatic carbocycles. The summed E-state index contributed by atoms with van der Waals surface area (Å²) in [5.74, 6) is 0. The molecule has 0 atom stereocenters. The van der Waals surface area contributed by atoms with Crippen LogP contribution in [0.1, 0.15) is 11.1 Å². The van der Waals surface area contributed by atoms with Crippen molar-refractivity contribution in [2.75, 3.05) is 0 Å². The second kappa shape index (κ2) is 6.70. The van der Waals surface area contributed by atoms with Gasteiger partial charge in [-0.05, 0) is 35.4 Å². The highest BCUT2D eigenvalue weighted by atomic mass is 35.5. The molecule has 0 fully saturated rings. The molecule has 1 heterocycles. The van der Waals surface area contributed by atoms with Crippen molar-refractivity contribution in [1.29, 1.82) is 0 Å². The summed E-state index contributed by atoms with van der Waals surface area (Å²) in [5.41, 5.74) is 3.31. The van der Waals surface area contributed by atoms with Gasteiger partial charge < -0.3 is 0 Å². The first-order valence-electron chi connectivity index (χ1n) is 8.16. The number of halogens is 4. The van der Waals surface area contributed by atoms with E-state index in [0.29, 0.717) is 12.1 Å². The molecule has 4 rings (SSSR count). The zero-order valence-corrected chi connectivity index (χ0v) is 14.7. The smallest absolute Gasteiger partial charge is 0.240 e. The predicted molar refractivity (Wildman–Crippen MR) is 98.5 cm³/mol. The van der Waals surface area contributed by atoms with Gasteiger partial charge in [0.25, 0.3) is 0 Å². The number of fused-ring (bicyclic) bond motifs is 1. The van der Waals surface area contributed by atoms with Gasteiger partial charge in [-0.25, -0.2) is 4.68 Å². The Balaban J connectivity index is 1.59. The number of hydrogen-bond donors (Lipinski definition) is 0. The number of hydrogen-bond acceptors (Lipinski definition) is 2. The Morgan fingerprint density at radius 3 is 2.37 bits per heavy atom. The third-order valence-corrected chi connectivity index (χ3v) is 4.63. The topological polar surface area (TPSA) is 30.7 Å². The molecule has 1 aromatic heterocycles. The third-order valence-electron chi connectivity index (χ3n) is 4.31. The Bertz CT molecular complexity index is 1100. The fourth-order valence-corrected chi connectivity index (χ4v) is 3.21. The molecule has 0 unspecified atom stereocenters. The lowest BCUT2D eigenvalue weighted by atomic mass is 10.0. The van der Waals surface area contributed by atoms with Gasteiger partial charge in [-0.15, -0.1) is 5.10 Å². The number of benzene rings is 3.